The number of carbonyl (C=O) groups excluding carboxylic acids is 2. The van der Waals surface area contributed by atoms with Crippen LogP contribution in [0.3, 0.4) is 0 Å². The van der Waals surface area contributed by atoms with E-state index >= 15 is 0 Å². The first-order valence-corrected chi connectivity index (χ1v) is 11.7. The molecule has 0 bridgehead atoms. The summed E-state index contributed by atoms with van der Waals surface area (Å²) < 4.78 is 5.69. The number of aromatic nitrogens is 1. The molecule has 2 unspecified atom stereocenters. The zero-order valence-electron chi connectivity index (χ0n) is 18.0. The van der Waals surface area contributed by atoms with E-state index in [1.165, 1.54) is 11.3 Å². The molecule has 1 heterocycles. The number of halogens is 1. The van der Waals surface area contributed by atoms with E-state index in [0.717, 1.165) is 25.7 Å². The Morgan fingerprint density at radius 3 is 2.42 bits per heavy atom. The molecule has 0 saturated heterocycles. The molecule has 3 N–H and O–H groups in total. The first-order valence-electron chi connectivity index (χ1n) is 10.4. The van der Waals surface area contributed by atoms with E-state index in [1.54, 1.807) is 29.6 Å². The fraction of sp³-hybridized carbons (Fsp3) is 0.500. The van der Waals surface area contributed by atoms with Gasteiger partial charge in [0.25, 0.3) is 5.91 Å². The molecule has 2 atom stereocenters. The number of carbonyl (C=O) groups is 2. The average molecular weight is 465 g/mol. The Kier molecular flexibility index (Phi) is 7.78. The van der Waals surface area contributed by atoms with Gasteiger partial charge in [-0.3, -0.25) is 4.79 Å². The van der Waals surface area contributed by atoms with Gasteiger partial charge in [-0.1, -0.05) is 24.4 Å². The van der Waals surface area contributed by atoms with Crippen molar-refractivity contribution in [3.05, 3.63) is 45.4 Å². The molecule has 1 fully saturated rings. The molecule has 1 aliphatic carbocycles. The van der Waals surface area contributed by atoms with Gasteiger partial charge in [0.2, 0.25) is 0 Å². The van der Waals surface area contributed by atoms with E-state index < -0.39 is 0 Å². The number of thiazole rings is 1. The van der Waals surface area contributed by atoms with Gasteiger partial charge in [0, 0.05) is 22.0 Å². The van der Waals surface area contributed by atoms with E-state index in [4.69, 9.17) is 16.3 Å². The number of nitrogens with zero attached hydrogens (tertiary/aromatic N) is 1. The van der Waals surface area contributed by atoms with Crippen LogP contribution >= 0.6 is 22.9 Å². The van der Waals surface area contributed by atoms with Crippen molar-refractivity contribution in [2.45, 2.75) is 70.7 Å². The Balaban J connectivity index is 1.54. The molecule has 0 spiro atoms. The summed E-state index contributed by atoms with van der Waals surface area (Å²) in [5.41, 5.74) is 0.0472. The largest absolute Gasteiger partial charge is 0.486 e. The lowest BCUT2D eigenvalue weighted by atomic mass is 9.90. The van der Waals surface area contributed by atoms with Crippen molar-refractivity contribution < 1.29 is 14.3 Å². The second-order valence-electron chi connectivity index (χ2n) is 8.69. The van der Waals surface area contributed by atoms with Crippen molar-refractivity contribution in [1.29, 1.82) is 0 Å². The summed E-state index contributed by atoms with van der Waals surface area (Å²) in [4.78, 5) is 29.4. The van der Waals surface area contributed by atoms with Crippen LogP contribution in [0, 0.1) is 0 Å². The van der Waals surface area contributed by atoms with E-state index in [9.17, 15) is 9.59 Å². The van der Waals surface area contributed by atoms with Gasteiger partial charge in [-0.05, 0) is 57.9 Å². The molecule has 3 rings (SSSR count). The van der Waals surface area contributed by atoms with Gasteiger partial charge < -0.3 is 20.7 Å². The number of nitrogens with one attached hydrogen (secondary N) is 3. The first-order chi connectivity index (χ1) is 14.7. The van der Waals surface area contributed by atoms with Gasteiger partial charge in [-0.25, -0.2) is 9.78 Å². The SMILES string of the molecule is CC(C)(C)NC(=O)NC1CCCCC1NC(=O)c1csc(COc2ccc(Cl)cc2)n1. The third-order valence-corrected chi connectivity index (χ3v) is 5.92. The Labute approximate surface area is 191 Å². The quantitative estimate of drug-likeness (QED) is 0.586. The van der Waals surface area contributed by atoms with Crippen LogP contribution in [0.4, 0.5) is 4.79 Å². The van der Waals surface area contributed by atoms with Crippen LogP contribution in [0.15, 0.2) is 29.6 Å². The third-order valence-electron chi connectivity index (χ3n) is 4.85. The zero-order chi connectivity index (χ0) is 22.4. The van der Waals surface area contributed by atoms with Crippen LogP contribution in [0.1, 0.15) is 62.0 Å². The normalized spacial score (nSPS) is 18.8. The smallest absolute Gasteiger partial charge is 0.315 e. The predicted molar refractivity (Wildman–Crippen MR) is 123 cm³/mol. The summed E-state index contributed by atoms with van der Waals surface area (Å²) in [6, 6.07) is 6.65. The molecule has 1 aromatic carbocycles. The lowest BCUT2D eigenvalue weighted by Crippen LogP contribution is -2.57. The maximum atomic E-state index is 12.7. The highest BCUT2D eigenvalue weighted by Gasteiger charge is 2.29. The lowest BCUT2D eigenvalue weighted by Gasteiger charge is -2.33. The van der Waals surface area contributed by atoms with Crippen molar-refractivity contribution in [2.75, 3.05) is 0 Å². The number of urea groups is 1. The Hall–Kier alpha value is -2.32. The number of rotatable bonds is 6. The first kappa shape index (κ1) is 23.3. The zero-order valence-corrected chi connectivity index (χ0v) is 19.6. The van der Waals surface area contributed by atoms with Crippen LogP contribution in [0.2, 0.25) is 5.02 Å². The van der Waals surface area contributed by atoms with Gasteiger partial charge in [-0.2, -0.15) is 0 Å². The minimum atomic E-state index is -0.317. The summed E-state index contributed by atoms with van der Waals surface area (Å²) >= 11 is 7.25. The highest BCUT2D eigenvalue weighted by atomic mass is 35.5. The molecule has 31 heavy (non-hydrogen) atoms. The molecule has 168 valence electrons. The highest BCUT2D eigenvalue weighted by molar-refractivity contribution is 7.09. The number of hydrogen-bond donors (Lipinski definition) is 3. The van der Waals surface area contributed by atoms with Gasteiger partial charge >= 0.3 is 6.03 Å². The van der Waals surface area contributed by atoms with Crippen LogP contribution in [-0.2, 0) is 6.61 Å². The van der Waals surface area contributed by atoms with Crippen LogP contribution in [-0.4, -0.2) is 34.5 Å². The topological polar surface area (TPSA) is 92.4 Å². The van der Waals surface area contributed by atoms with E-state index in [1.807, 2.05) is 20.8 Å². The fourth-order valence-corrected chi connectivity index (χ4v) is 4.23. The van der Waals surface area contributed by atoms with Crippen molar-refractivity contribution in [3.8, 4) is 5.75 Å². The number of benzene rings is 1. The Morgan fingerprint density at radius 2 is 1.77 bits per heavy atom. The molecule has 0 radical (unpaired) electrons. The maximum absolute atomic E-state index is 12.7. The van der Waals surface area contributed by atoms with Crippen LogP contribution in [0.25, 0.3) is 0 Å². The van der Waals surface area contributed by atoms with Gasteiger partial charge in [-0.15, -0.1) is 11.3 Å². The van der Waals surface area contributed by atoms with Crippen molar-refractivity contribution in [3.63, 3.8) is 0 Å². The van der Waals surface area contributed by atoms with E-state index in [2.05, 4.69) is 20.9 Å². The van der Waals surface area contributed by atoms with Gasteiger partial charge in [0.05, 0.1) is 6.04 Å². The molecule has 1 aromatic heterocycles. The monoisotopic (exact) mass is 464 g/mol. The summed E-state index contributed by atoms with van der Waals surface area (Å²) in [7, 11) is 0. The summed E-state index contributed by atoms with van der Waals surface area (Å²) in [5.74, 6) is 0.458. The van der Waals surface area contributed by atoms with Crippen molar-refractivity contribution >= 4 is 34.9 Å². The Bertz CT molecular complexity index is 895. The minimum absolute atomic E-state index is 0.105. The molecule has 3 amide bonds. The predicted octanol–water partition coefficient (Wildman–Crippen LogP) is 4.51. The molecular formula is C22H29ClN4O3S. The molecular weight excluding hydrogens is 436 g/mol. The second-order valence-corrected chi connectivity index (χ2v) is 10.1. The van der Waals surface area contributed by atoms with Crippen LogP contribution in [0.5, 0.6) is 5.75 Å². The van der Waals surface area contributed by atoms with Gasteiger partial charge in [0.1, 0.15) is 23.1 Å². The maximum Gasteiger partial charge on any atom is 0.315 e. The van der Waals surface area contributed by atoms with Crippen molar-refractivity contribution in [2.24, 2.45) is 0 Å². The standard InChI is InChI=1S/C22H29ClN4O3S/c1-22(2,3)27-21(29)26-17-7-5-4-6-16(17)25-20(28)18-13-31-19(24-18)12-30-15-10-8-14(23)9-11-15/h8-11,13,16-17H,4-7,12H2,1-3H3,(H,25,28)(H2,26,27,29). The molecule has 7 nitrogen and oxygen atoms in total. The molecule has 2 aromatic rings. The number of ether oxygens (including phenoxy) is 1. The minimum Gasteiger partial charge on any atom is -0.486 e. The summed E-state index contributed by atoms with van der Waals surface area (Å²) in [6.07, 6.45) is 3.69. The fourth-order valence-electron chi connectivity index (χ4n) is 3.42. The lowest BCUT2D eigenvalue weighted by molar-refractivity contribution is 0.0910. The molecule has 0 aliphatic heterocycles. The number of amides is 3. The van der Waals surface area contributed by atoms with E-state index in [-0.39, 0.29) is 36.2 Å². The van der Waals surface area contributed by atoms with Gasteiger partial charge in [0.15, 0.2) is 0 Å². The second kappa shape index (κ2) is 10.3. The average Bonchev–Trinajstić information content (AvgIpc) is 3.17. The van der Waals surface area contributed by atoms with Crippen LogP contribution < -0.4 is 20.7 Å². The summed E-state index contributed by atoms with van der Waals surface area (Å²) in [5, 5.41) is 12.1. The number of hydrogen-bond acceptors (Lipinski definition) is 5. The summed E-state index contributed by atoms with van der Waals surface area (Å²) in [6.45, 7) is 6.08. The molecule has 1 saturated carbocycles. The van der Waals surface area contributed by atoms with Crippen molar-refractivity contribution in [1.82, 2.24) is 20.9 Å². The molecule has 1 aliphatic rings. The molecule has 9 heteroatoms. The Morgan fingerprint density at radius 1 is 1.13 bits per heavy atom. The van der Waals surface area contributed by atoms with E-state index in [0.29, 0.717) is 21.5 Å². The highest BCUT2D eigenvalue weighted by Crippen LogP contribution is 2.21. The third kappa shape index (κ3) is 7.40.